The van der Waals surface area contributed by atoms with Crippen molar-refractivity contribution >= 4 is 12.0 Å². The molecule has 0 fully saturated rings. The van der Waals surface area contributed by atoms with Crippen LogP contribution in [-0.4, -0.2) is 19.7 Å². The monoisotopic (exact) mass is 406 g/mol. The van der Waals surface area contributed by atoms with Crippen LogP contribution in [0.3, 0.4) is 0 Å². The highest BCUT2D eigenvalue weighted by molar-refractivity contribution is 5.91. The minimum Gasteiger partial charge on any atom is -0.490 e. The van der Waals surface area contributed by atoms with Gasteiger partial charge in [0.05, 0.1) is 13.7 Å². The number of hydrogen-bond acceptors (Lipinski definition) is 3. The normalized spacial score (nSPS) is 17.2. The number of esters is 1. The van der Waals surface area contributed by atoms with Crippen molar-refractivity contribution in [2.75, 3.05) is 13.7 Å². The van der Waals surface area contributed by atoms with E-state index in [0.717, 1.165) is 11.1 Å². The van der Waals surface area contributed by atoms with Crippen LogP contribution in [0.15, 0.2) is 42.2 Å². The Morgan fingerprint density at radius 2 is 1.67 bits per heavy atom. The van der Waals surface area contributed by atoms with E-state index in [1.165, 1.54) is 42.2 Å². The van der Waals surface area contributed by atoms with Gasteiger partial charge in [-0.05, 0) is 83.0 Å². The molecule has 2 aromatic rings. The van der Waals surface area contributed by atoms with E-state index in [-0.39, 0.29) is 16.6 Å². The minimum absolute atomic E-state index is 0.165. The van der Waals surface area contributed by atoms with E-state index in [4.69, 9.17) is 9.47 Å². The number of benzene rings is 2. The number of carbonyl (C=O) groups excluding carboxylic acids is 1. The maximum absolute atomic E-state index is 12.1. The summed E-state index contributed by atoms with van der Waals surface area (Å²) in [6, 6.07) is 13.0. The average molecular weight is 407 g/mol. The van der Waals surface area contributed by atoms with E-state index in [1.807, 2.05) is 12.1 Å². The molecule has 0 N–H and O–H groups in total. The Morgan fingerprint density at radius 3 is 2.27 bits per heavy atom. The number of rotatable bonds is 5. The predicted molar refractivity (Wildman–Crippen MR) is 124 cm³/mol. The summed E-state index contributed by atoms with van der Waals surface area (Å²) in [5.74, 6) is -0.238. The van der Waals surface area contributed by atoms with Gasteiger partial charge in [-0.25, -0.2) is 4.79 Å². The molecular formula is C27H34O3. The van der Waals surface area contributed by atoms with Gasteiger partial charge >= 0.3 is 5.97 Å². The Balaban J connectivity index is 2.08. The van der Waals surface area contributed by atoms with Crippen molar-refractivity contribution in [2.24, 2.45) is 0 Å². The number of methoxy groups -OCH3 is 1. The van der Waals surface area contributed by atoms with Crippen LogP contribution < -0.4 is 0 Å². The molecule has 160 valence electrons. The fourth-order valence-electron chi connectivity index (χ4n) is 4.38. The second-order valence-corrected chi connectivity index (χ2v) is 9.54. The molecule has 30 heavy (non-hydrogen) atoms. The lowest BCUT2D eigenvalue weighted by molar-refractivity contribution is -0.141. The molecule has 1 aliphatic carbocycles. The van der Waals surface area contributed by atoms with Crippen LogP contribution in [0.25, 0.3) is 17.2 Å². The van der Waals surface area contributed by atoms with Gasteiger partial charge in [0.2, 0.25) is 5.76 Å². The molecule has 0 radical (unpaired) electrons. The number of fused-ring (bicyclic) bond motifs is 1. The highest BCUT2D eigenvalue weighted by Gasteiger charge is 2.37. The lowest BCUT2D eigenvalue weighted by atomic mass is 9.62. The van der Waals surface area contributed by atoms with E-state index in [1.54, 1.807) is 13.0 Å². The number of hydrogen-bond donors (Lipinski definition) is 0. The fraction of sp³-hybridized carbons (Fsp3) is 0.444. The van der Waals surface area contributed by atoms with E-state index < -0.39 is 5.97 Å². The van der Waals surface area contributed by atoms with E-state index in [9.17, 15) is 4.79 Å². The molecule has 0 heterocycles. The van der Waals surface area contributed by atoms with Crippen molar-refractivity contribution < 1.29 is 14.3 Å². The summed E-state index contributed by atoms with van der Waals surface area (Å²) in [4.78, 5) is 12.1. The second-order valence-electron chi connectivity index (χ2n) is 9.54. The standard InChI is InChI=1S/C27H34O3/c1-8-30-25(28)24(29-7)16-19-10-9-11-20(15-19)21-17-23-22(14-18(21)2)26(3,4)12-13-27(23,5)6/h9-11,14-17H,8,12-13H2,1-7H3. The molecule has 0 bridgehead atoms. The molecule has 0 atom stereocenters. The zero-order chi connectivity index (χ0) is 22.1. The number of carbonyl (C=O) groups is 1. The minimum atomic E-state index is -0.445. The highest BCUT2D eigenvalue weighted by Crippen LogP contribution is 2.47. The topological polar surface area (TPSA) is 35.5 Å². The predicted octanol–water partition coefficient (Wildman–Crippen LogP) is 6.56. The van der Waals surface area contributed by atoms with Crippen LogP contribution in [0.2, 0.25) is 0 Å². The Labute approximate surface area is 181 Å². The van der Waals surface area contributed by atoms with Crippen molar-refractivity contribution in [1.29, 1.82) is 0 Å². The molecule has 0 saturated carbocycles. The molecule has 0 aliphatic heterocycles. The number of ether oxygens (including phenoxy) is 2. The first-order valence-corrected chi connectivity index (χ1v) is 10.8. The maximum Gasteiger partial charge on any atom is 0.373 e. The van der Waals surface area contributed by atoms with Crippen LogP contribution in [-0.2, 0) is 25.1 Å². The molecule has 1 aliphatic rings. The fourth-order valence-corrected chi connectivity index (χ4v) is 4.38. The lowest BCUT2D eigenvalue weighted by Crippen LogP contribution is -2.34. The van der Waals surface area contributed by atoms with Crippen molar-refractivity contribution in [1.82, 2.24) is 0 Å². The summed E-state index contributed by atoms with van der Waals surface area (Å²) in [6.07, 6.45) is 4.14. The van der Waals surface area contributed by atoms with Gasteiger partial charge in [-0.2, -0.15) is 0 Å². The Morgan fingerprint density at radius 1 is 1.03 bits per heavy atom. The van der Waals surface area contributed by atoms with Gasteiger partial charge in [0, 0.05) is 0 Å². The molecule has 0 aromatic heterocycles. The van der Waals surface area contributed by atoms with Crippen LogP contribution in [0.4, 0.5) is 0 Å². The molecule has 0 saturated heterocycles. The molecule has 3 heteroatoms. The molecule has 2 aromatic carbocycles. The zero-order valence-corrected chi connectivity index (χ0v) is 19.4. The van der Waals surface area contributed by atoms with Gasteiger partial charge in [0.25, 0.3) is 0 Å². The molecule has 0 spiro atoms. The number of aryl methyl sites for hydroxylation is 1. The van der Waals surface area contributed by atoms with Gasteiger partial charge in [-0.1, -0.05) is 58.0 Å². The summed E-state index contributed by atoms with van der Waals surface area (Å²) in [7, 11) is 1.49. The van der Waals surface area contributed by atoms with Gasteiger partial charge in [0.15, 0.2) is 0 Å². The molecule has 0 unspecified atom stereocenters. The summed E-state index contributed by atoms with van der Waals surface area (Å²) >= 11 is 0. The third-order valence-electron chi connectivity index (χ3n) is 6.39. The lowest BCUT2D eigenvalue weighted by Gasteiger charge is -2.42. The highest BCUT2D eigenvalue weighted by atomic mass is 16.6. The van der Waals surface area contributed by atoms with Crippen molar-refractivity contribution in [3.8, 4) is 11.1 Å². The van der Waals surface area contributed by atoms with Crippen LogP contribution in [0, 0.1) is 6.92 Å². The van der Waals surface area contributed by atoms with E-state index in [2.05, 4.69) is 58.9 Å². The van der Waals surface area contributed by atoms with E-state index >= 15 is 0 Å². The Kier molecular flexibility index (Phi) is 6.12. The van der Waals surface area contributed by atoms with Gasteiger partial charge < -0.3 is 9.47 Å². The molecular weight excluding hydrogens is 372 g/mol. The molecule has 3 nitrogen and oxygen atoms in total. The first-order chi connectivity index (χ1) is 14.1. The zero-order valence-electron chi connectivity index (χ0n) is 19.4. The molecule has 0 amide bonds. The summed E-state index contributed by atoms with van der Waals surface area (Å²) in [5.41, 5.74) is 7.85. The second kappa shape index (κ2) is 8.29. The quantitative estimate of drug-likeness (QED) is 0.320. The van der Waals surface area contributed by atoms with Crippen molar-refractivity contribution in [3.05, 3.63) is 64.4 Å². The maximum atomic E-state index is 12.1. The van der Waals surface area contributed by atoms with Gasteiger partial charge in [0.1, 0.15) is 0 Å². The first kappa shape index (κ1) is 22.1. The average Bonchev–Trinajstić information content (AvgIpc) is 2.70. The smallest absolute Gasteiger partial charge is 0.373 e. The van der Waals surface area contributed by atoms with Crippen molar-refractivity contribution in [3.63, 3.8) is 0 Å². The van der Waals surface area contributed by atoms with Crippen LogP contribution in [0.5, 0.6) is 0 Å². The Bertz CT molecular complexity index is 980. The largest absolute Gasteiger partial charge is 0.490 e. The van der Waals surface area contributed by atoms with Gasteiger partial charge in [-0.3, -0.25) is 0 Å². The summed E-state index contributed by atoms with van der Waals surface area (Å²) in [5, 5.41) is 0. The first-order valence-electron chi connectivity index (χ1n) is 10.8. The van der Waals surface area contributed by atoms with Crippen LogP contribution >= 0.6 is 0 Å². The van der Waals surface area contributed by atoms with Crippen LogP contribution in [0.1, 0.15) is 69.7 Å². The van der Waals surface area contributed by atoms with Gasteiger partial charge in [-0.15, -0.1) is 0 Å². The SMILES string of the molecule is CCOC(=O)C(=Cc1cccc(-c2cc3c(cc2C)C(C)(C)CCC3(C)C)c1)OC. The Hall–Kier alpha value is -2.55. The third-order valence-corrected chi connectivity index (χ3v) is 6.39. The third kappa shape index (κ3) is 4.30. The van der Waals surface area contributed by atoms with E-state index in [0.29, 0.717) is 6.61 Å². The van der Waals surface area contributed by atoms with Crippen molar-refractivity contribution in [2.45, 2.75) is 65.2 Å². The molecule has 3 rings (SSSR count). The summed E-state index contributed by atoms with van der Waals surface area (Å²) < 4.78 is 10.3. The summed E-state index contributed by atoms with van der Waals surface area (Å²) in [6.45, 7) is 13.7.